The number of aryl methyl sites for hydroxylation is 1. The van der Waals surface area contributed by atoms with Crippen LogP contribution in [-0.2, 0) is 0 Å². The van der Waals surface area contributed by atoms with E-state index in [1.54, 1.807) is 0 Å². The monoisotopic (exact) mass is 304 g/mol. The van der Waals surface area contributed by atoms with E-state index in [1.807, 2.05) is 37.3 Å². The minimum atomic E-state index is 0.262. The highest BCUT2D eigenvalue weighted by Gasteiger charge is 2.15. The minimum absolute atomic E-state index is 0.262. The van der Waals surface area contributed by atoms with Gasteiger partial charge >= 0.3 is 0 Å². The molecule has 0 saturated heterocycles. The molecule has 4 nitrogen and oxygen atoms in total. The van der Waals surface area contributed by atoms with E-state index < -0.39 is 0 Å². The molecule has 0 aromatic heterocycles. The molecule has 2 N–H and O–H groups in total. The summed E-state index contributed by atoms with van der Waals surface area (Å²) in [5.41, 5.74) is 10.6. The molecule has 23 heavy (non-hydrogen) atoms. The number of nitrogens with two attached hydrogens (primary N) is 1. The molecule has 2 aromatic rings. The van der Waals surface area contributed by atoms with E-state index in [9.17, 15) is 10.5 Å². The van der Waals surface area contributed by atoms with Gasteiger partial charge in [0.25, 0.3) is 0 Å². The van der Waals surface area contributed by atoms with Crippen LogP contribution in [0.25, 0.3) is 11.1 Å². The number of nitriles is 2. The topological polar surface area (TPSA) is 76.8 Å². The van der Waals surface area contributed by atoms with Gasteiger partial charge in [0.2, 0.25) is 0 Å². The average Bonchev–Trinajstić information content (AvgIpc) is 2.56. The van der Waals surface area contributed by atoms with Crippen LogP contribution in [0.2, 0.25) is 0 Å². The summed E-state index contributed by atoms with van der Waals surface area (Å²) < 4.78 is 0. The molecule has 0 radical (unpaired) electrons. The van der Waals surface area contributed by atoms with E-state index >= 15 is 0 Å². The fourth-order valence-corrected chi connectivity index (χ4v) is 2.78. The van der Waals surface area contributed by atoms with E-state index in [4.69, 9.17) is 5.73 Å². The summed E-state index contributed by atoms with van der Waals surface area (Å²) in [7, 11) is 0. The molecule has 0 atom stereocenters. The zero-order valence-corrected chi connectivity index (χ0v) is 13.7. The third-order valence-electron chi connectivity index (χ3n) is 4.09. The van der Waals surface area contributed by atoms with Crippen LogP contribution in [0.15, 0.2) is 30.3 Å². The molecule has 2 aromatic carbocycles. The van der Waals surface area contributed by atoms with Crippen LogP contribution in [0.1, 0.15) is 30.5 Å². The molecule has 0 bridgehead atoms. The Balaban J connectivity index is 2.55. The maximum absolute atomic E-state index is 9.44. The van der Waals surface area contributed by atoms with Crippen molar-refractivity contribution in [1.29, 1.82) is 10.5 Å². The Morgan fingerprint density at radius 1 is 1.00 bits per heavy atom. The summed E-state index contributed by atoms with van der Waals surface area (Å²) >= 11 is 0. The van der Waals surface area contributed by atoms with Crippen molar-refractivity contribution in [3.05, 3.63) is 47.0 Å². The zero-order chi connectivity index (χ0) is 17.0. The molecule has 4 heteroatoms. The maximum atomic E-state index is 9.44. The lowest BCUT2D eigenvalue weighted by Gasteiger charge is -2.21. The summed E-state index contributed by atoms with van der Waals surface area (Å²) in [6, 6.07) is 14.2. The van der Waals surface area contributed by atoms with Gasteiger partial charge in [-0.15, -0.1) is 0 Å². The van der Waals surface area contributed by atoms with Gasteiger partial charge in [-0.1, -0.05) is 12.1 Å². The van der Waals surface area contributed by atoms with Gasteiger partial charge in [0.1, 0.15) is 12.1 Å². The van der Waals surface area contributed by atoms with Crippen molar-refractivity contribution < 1.29 is 0 Å². The number of hydrogen-bond acceptors (Lipinski definition) is 4. The maximum Gasteiger partial charge on any atom is 0.102 e. The molecular formula is C19H20N4. The van der Waals surface area contributed by atoms with Crippen molar-refractivity contribution in [3.63, 3.8) is 0 Å². The van der Waals surface area contributed by atoms with Gasteiger partial charge in [-0.05, 0) is 50.1 Å². The number of anilines is 2. The Kier molecular flexibility index (Phi) is 4.88. The lowest BCUT2D eigenvalue weighted by molar-refractivity contribution is 0.866. The second kappa shape index (κ2) is 6.85. The number of benzene rings is 2. The predicted molar refractivity (Wildman–Crippen MR) is 94.0 cm³/mol. The number of nitrogens with zero attached hydrogens (tertiary/aromatic N) is 3. The zero-order valence-electron chi connectivity index (χ0n) is 13.7. The molecule has 0 aliphatic carbocycles. The van der Waals surface area contributed by atoms with Crippen LogP contribution in [0.4, 0.5) is 11.4 Å². The van der Waals surface area contributed by atoms with E-state index in [0.717, 1.165) is 35.5 Å². The third-order valence-corrected chi connectivity index (χ3v) is 4.09. The highest BCUT2D eigenvalue weighted by molar-refractivity contribution is 5.82. The van der Waals surface area contributed by atoms with Crippen molar-refractivity contribution in [2.75, 3.05) is 23.7 Å². The van der Waals surface area contributed by atoms with E-state index in [0.29, 0.717) is 11.1 Å². The predicted octanol–water partition coefficient (Wildman–Crippen LogP) is 3.83. The largest absolute Gasteiger partial charge is 0.397 e. The van der Waals surface area contributed by atoms with Gasteiger partial charge in [0.05, 0.1) is 16.8 Å². The first kappa shape index (κ1) is 16.4. The van der Waals surface area contributed by atoms with Crippen molar-refractivity contribution in [2.45, 2.75) is 20.8 Å². The number of rotatable bonds is 4. The Morgan fingerprint density at radius 3 is 2.04 bits per heavy atom. The second-order valence-electron chi connectivity index (χ2n) is 5.35. The van der Waals surface area contributed by atoms with E-state index in [1.165, 1.54) is 0 Å². The van der Waals surface area contributed by atoms with Crippen molar-refractivity contribution in [1.82, 2.24) is 0 Å². The van der Waals surface area contributed by atoms with Gasteiger partial charge in [0.15, 0.2) is 0 Å². The Hall–Kier alpha value is -2.98. The summed E-state index contributed by atoms with van der Waals surface area (Å²) in [5, 5.41) is 18.6. The summed E-state index contributed by atoms with van der Waals surface area (Å²) in [6.07, 6.45) is 0. The highest BCUT2D eigenvalue weighted by Crippen LogP contribution is 2.32. The van der Waals surface area contributed by atoms with Crippen LogP contribution >= 0.6 is 0 Å². The molecule has 0 fully saturated rings. The molecule has 0 saturated carbocycles. The molecule has 0 heterocycles. The first-order valence-corrected chi connectivity index (χ1v) is 7.65. The number of nitrogen functional groups attached to an aromatic ring is 1. The van der Waals surface area contributed by atoms with Crippen LogP contribution in [-0.4, -0.2) is 13.1 Å². The van der Waals surface area contributed by atoms with Gasteiger partial charge < -0.3 is 10.6 Å². The third kappa shape index (κ3) is 2.98. The Bertz CT molecular complexity index is 788. The summed E-state index contributed by atoms with van der Waals surface area (Å²) in [4.78, 5) is 2.26. The summed E-state index contributed by atoms with van der Waals surface area (Å²) in [5.74, 6) is 0. The lowest BCUT2D eigenvalue weighted by Crippen LogP contribution is -2.21. The minimum Gasteiger partial charge on any atom is -0.397 e. The first-order chi connectivity index (χ1) is 11.1. The second-order valence-corrected chi connectivity index (χ2v) is 5.35. The molecule has 0 aliphatic heterocycles. The molecule has 116 valence electrons. The normalized spacial score (nSPS) is 9.96. The standard InChI is InChI=1S/C19H20N4/c1-4-23(5-2)15-8-6-14(7-9-15)16-10-13(3)17(11-20)19(22)18(16)12-21/h6-10H,4-5,22H2,1-3H3. The van der Waals surface area contributed by atoms with Crippen LogP contribution in [0.3, 0.4) is 0 Å². The molecule has 0 spiro atoms. The van der Waals surface area contributed by atoms with Crippen molar-refractivity contribution in [3.8, 4) is 23.3 Å². The lowest BCUT2D eigenvalue weighted by atomic mass is 9.93. The van der Waals surface area contributed by atoms with Crippen LogP contribution in [0.5, 0.6) is 0 Å². The van der Waals surface area contributed by atoms with Gasteiger partial charge in [-0.3, -0.25) is 0 Å². The molecular weight excluding hydrogens is 284 g/mol. The van der Waals surface area contributed by atoms with Gasteiger partial charge in [-0.25, -0.2) is 0 Å². The van der Waals surface area contributed by atoms with Crippen LogP contribution < -0.4 is 10.6 Å². The summed E-state index contributed by atoms with van der Waals surface area (Å²) in [6.45, 7) is 7.97. The van der Waals surface area contributed by atoms with Crippen LogP contribution in [0, 0.1) is 29.6 Å². The highest BCUT2D eigenvalue weighted by atomic mass is 15.1. The smallest absolute Gasteiger partial charge is 0.102 e. The van der Waals surface area contributed by atoms with Crippen molar-refractivity contribution >= 4 is 11.4 Å². The van der Waals surface area contributed by atoms with E-state index in [-0.39, 0.29) is 5.69 Å². The Labute approximate surface area is 137 Å². The van der Waals surface area contributed by atoms with E-state index in [2.05, 4.69) is 30.9 Å². The average molecular weight is 304 g/mol. The van der Waals surface area contributed by atoms with Gasteiger partial charge in [-0.2, -0.15) is 10.5 Å². The fraction of sp³-hybridized carbons (Fsp3) is 0.263. The molecule has 0 aliphatic rings. The first-order valence-electron chi connectivity index (χ1n) is 7.65. The number of hydrogen-bond donors (Lipinski definition) is 1. The molecule has 0 amide bonds. The SMILES string of the molecule is CCN(CC)c1ccc(-c2cc(C)c(C#N)c(N)c2C#N)cc1. The van der Waals surface area contributed by atoms with Gasteiger partial charge in [0, 0.05) is 24.3 Å². The molecule has 0 unspecified atom stereocenters. The van der Waals surface area contributed by atoms with Crippen molar-refractivity contribution in [2.24, 2.45) is 0 Å². The molecule has 2 rings (SSSR count). The Morgan fingerprint density at radius 2 is 1.57 bits per heavy atom. The quantitative estimate of drug-likeness (QED) is 0.871. The fourth-order valence-electron chi connectivity index (χ4n) is 2.78.